The summed E-state index contributed by atoms with van der Waals surface area (Å²) in [5.74, 6) is 1.65. The van der Waals surface area contributed by atoms with Crippen LogP contribution in [-0.4, -0.2) is 5.16 Å². The second kappa shape index (κ2) is 3.62. The average molecular weight is 228 g/mol. The number of benzene rings is 1. The normalized spacial score (nSPS) is 22.7. The van der Waals surface area contributed by atoms with E-state index in [9.17, 15) is 0 Å². The first-order valence-electron chi connectivity index (χ1n) is 5.99. The highest BCUT2D eigenvalue weighted by Crippen LogP contribution is 2.50. The third kappa shape index (κ3) is 1.62. The van der Waals surface area contributed by atoms with Gasteiger partial charge in [-0.15, -0.1) is 0 Å². The van der Waals surface area contributed by atoms with Gasteiger partial charge in [-0.05, 0) is 30.4 Å². The molecule has 3 rings (SSSR count). The lowest BCUT2D eigenvalue weighted by molar-refractivity contribution is 0.427. The molecule has 17 heavy (non-hydrogen) atoms. The van der Waals surface area contributed by atoms with Crippen molar-refractivity contribution >= 4 is 5.88 Å². The van der Waals surface area contributed by atoms with Crippen LogP contribution in [0.2, 0.25) is 0 Å². The van der Waals surface area contributed by atoms with Crippen LogP contribution in [0.25, 0.3) is 11.1 Å². The molecule has 2 atom stereocenters. The maximum atomic E-state index is 5.92. The van der Waals surface area contributed by atoms with Gasteiger partial charge in [0.1, 0.15) is 0 Å². The van der Waals surface area contributed by atoms with E-state index in [1.54, 1.807) is 0 Å². The first-order chi connectivity index (χ1) is 8.18. The van der Waals surface area contributed by atoms with E-state index in [1.807, 2.05) is 12.1 Å². The minimum absolute atomic E-state index is 0.438. The Labute approximate surface area is 101 Å². The molecule has 2 unspecified atom stereocenters. The summed E-state index contributed by atoms with van der Waals surface area (Å²) in [4.78, 5) is 0. The molecule has 1 aromatic heterocycles. The summed E-state index contributed by atoms with van der Waals surface area (Å²) < 4.78 is 5.18. The number of anilines is 1. The Kier molecular flexibility index (Phi) is 2.21. The van der Waals surface area contributed by atoms with Crippen LogP contribution in [0.4, 0.5) is 5.88 Å². The Morgan fingerprint density at radius 1 is 1.35 bits per heavy atom. The highest BCUT2D eigenvalue weighted by Gasteiger charge is 2.39. The van der Waals surface area contributed by atoms with Crippen LogP contribution in [0.1, 0.15) is 30.5 Å². The predicted octanol–water partition coefficient (Wildman–Crippen LogP) is 3.36. The molecule has 1 fully saturated rings. The molecule has 1 saturated carbocycles. The van der Waals surface area contributed by atoms with Gasteiger partial charge in [0.05, 0.1) is 11.3 Å². The van der Waals surface area contributed by atoms with Gasteiger partial charge in [-0.3, -0.25) is 0 Å². The summed E-state index contributed by atoms with van der Waals surface area (Å²) in [5.41, 5.74) is 10.3. The largest absolute Gasteiger partial charge is 0.367 e. The lowest BCUT2D eigenvalue weighted by Gasteiger charge is -2.05. The summed E-state index contributed by atoms with van der Waals surface area (Å²) in [5, 5.41) is 4.15. The number of aryl methyl sites for hydroxylation is 1. The molecule has 0 saturated heterocycles. The Morgan fingerprint density at radius 3 is 2.71 bits per heavy atom. The number of aromatic nitrogens is 1. The molecule has 3 heteroatoms. The van der Waals surface area contributed by atoms with Crippen LogP contribution < -0.4 is 5.73 Å². The van der Waals surface area contributed by atoms with Crippen molar-refractivity contribution in [2.45, 2.75) is 26.2 Å². The summed E-state index contributed by atoms with van der Waals surface area (Å²) in [6.07, 6.45) is 1.19. The van der Waals surface area contributed by atoms with Crippen molar-refractivity contribution in [1.82, 2.24) is 5.16 Å². The fourth-order valence-electron chi connectivity index (χ4n) is 2.40. The van der Waals surface area contributed by atoms with E-state index >= 15 is 0 Å². The van der Waals surface area contributed by atoms with E-state index in [4.69, 9.17) is 10.3 Å². The third-order valence-corrected chi connectivity index (χ3v) is 3.62. The summed E-state index contributed by atoms with van der Waals surface area (Å²) in [6.45, 7) is 4.32. The summed E-state index contributed by atoms with van der Waals surface area (Å²) in [6, 6.07) is 8.22. The van der Waals surface area contributed by atoms with Gasteiger partial charge < -0.3 is 10.3 Å². The van der Waals surface area contributed by atoms with Crippen molar-refractivity contribution in [2.24, 2.45) is 5.92 Å². The van der Waals surface area contributed by atoms with Crippen molar-refractivity contribution in [2.75, 3.05) is 5.73 Å². The van der Waals surface area contributed by atoms with Gasteiger partial charge in [-0.2, -0.15) is 0 Å². The van der Waals surface area contributed by atoms with Crippen molar-refractivity contribution in [3.05, 3.63) is 35.5 Å². The minimum atomic E-state index is 0.438. The molecule has 0 bridgehead atoms. The molecular weight excluding hydrogens is 212 g/mol. The molecule has 2 aromatic rings. The third-order valence-electron chi connectivity index (χ3n) is 3.62. The number of nitrogens with zero attached hydrogens (tertiary/aromatic N) is 1. The lowest BCUT2D eigenvalue weighted by atomic mass is 9.98. The van der Waals surface area contributed by atoms with E-state index in [2.05, 4.69) is 31.1 Å². The quantitative estimate of drug-likeness (QED) is 0.857. The zero-order valence-electron chi connectivity index (χ0n) is 10.1. The fraction of sp³-hybridized carbons (Fsp3) is 0.357. The molecule has 88 valence electrons. The van der Waals surface area contributed by atoms with Crippen LogP contribution in [-0.2, 0) is 0 Å². The number of hydrogen-bond donors (Lipinski definition) is 1. The van der Waals surface area contributed by atoms with Crippen LogP contribution in [0.3, 0.4) is 0 Å². The Bertz CT molecular complexity index is 559. The van der Waals surface area contributed by atoms with Crippen molar-refractivity contribution in [3.63, 3.8) is 0 Å². The SMILES string of the molecule is Cc1ccccc1-c1c(C2CC2C)noc1N. The Hall–Kier alpha value is -1.77. The topological polar surface area (TPSA) is 52.0 Å². The van der Waals surface area contributed by atoms with Crippen LogP contribution in [0.15, 0.2) is 28.8 Å². The van der Waals surface area contributed by atoms with Crippen LogP contribution >= 0.6 is 0 Å². The Balaban J connectivity index is 2.14. The molecule has 0 aliphatic heterocycles. The van der Waals surface area contributed by atoms with Crippen molar-refractivity contribution in [1.29, 1.82) is 0 Å². The highest BCUT2D eigenvalue weighted by molar-refractivity contribution is 5.78. The van der Waals surface area contributed by atoms with Gasteiger partial charge in [0.2, 0.25) is 5.88 Å². The molecule has 2 N–H and O–H groups in total. The molecule has 1 heterocycles. The number of hydrogen-bond acceptors (Lipinski definition) is 3. The monoisotopic (exact) mass is 228 g/mol. The van der Waals surface area contributed by atoms with Gasteiger partial charge in [-0.25, -0.2) is 0 Å². The zero-order valence-corrected chi connectivity index (χ0v) is 10.1. The van der Waals surface area contributed by atoms with Gasteiger partial charge in [-0.1, -0.05) is 36.3 Å². The summed E-state index contributed by atoms with van der Waals surface area (Å²) in [7, 11) is 0. The molecular formula is C14H16N2O. The fourth-order valence-corrected chi connectivity index (χ4v) is 2.40. The maximum Gasteiger partial charge on any atom is 0.230 e. The molecule has 1 aliphatic rings. The van der Waals surface area contributed by atoms with E-state index in [0.717, 1.165) is 16.8 Å². The Morgan fingerprint density at radius 2 is 2.06 bits per heavy atom. The van der Waals surface area contributed by atoms with E-state index in [1.165, 1.54) is 12.0 Å². The highest BCUT2D eigenvalue weighted by atomic mass is 16.5. The second-order valence-corrected chi connectivity index (χ2v) is 4.94. The summed E-state index contributed by atoms with van der Waals surface area (Å²) >= 11 is 0. The van der Waals surface area contributed by atoms with E-state index in [-0.39, 0.29) is 0 Å². The minimum Gasteiger partial charge on any atom is -0.367 e. The molecule has 1 aromatic carbocycles. The first kappa shape index (κ1) is 10.4. The molecule has 0 amide bonds. The van der Waals surface area contributed by atoms with Crippen LogP contribution in [0.5, 0.6) is 0 Å². The van der Waals surface area contributed by atoms with Gasteiger partial charge in [0.15, 0.2) is 0 Å². The number of nitrogens with two attached hydrogens (primary N) is 1. The molecule has 1 aliphatic carbocycles. The molecule has 0 spiro atoms. The molecule has 0 radical (unpaired) electrons. The van der Waals surface area contributed by atoms with Gasteiger partial charge in [0, 0.05) is 5.92 Å². The predicted molar refractivity (Wildman–Crippen MR) is 67.6 cm³/mol. The number of rotatable bonds is 2. The van der Waals surface area contributed by atoms with E-state index in [0.29, 0.717) is 17.7 Å². The average Bonchev–Trinajstić information content (AvgIpc) is 2.90. The van der Waals surface area contributed by atoms with Gasteiger partial charge >= 0.3 is 0 Å². The number of nitrogen functional groups attached to an aromatic ring is 1. The van der Waals surface area contributed by atoms with Crippen molar-refractivity contribution in [3.8, 4) is 11.1 Å². The molecule has 3 nitrogen and oxygen atoms in total. The first-order valence-corrected chi connectivity index (χ1v) is 5.99. The smallest absolute Gasteiger partial charge is 0.230 e. The van der Waals surface area contributed by atoms with Gasteiger partial charge in [0.25, 0.3) is 0 Å². The standard InChI is InChI=1S/C14H16N2O/c1-8-5-3-4-6-10(8)12-13(11-7-9(11)2)16-17-14(12)15/h3-6,9,11H,7,15H2,1-2H3. The van der Waals surface area contributed by atoms with Crippen LogP contribution in [0, 0.1) is 12.8 Å². The lowest BCUT2D eigenvalue weighted by Crippen LogP contribution is -1.92. The maximum absolute atomic E-state index is 5.92. The van der Waals surface area contributed by atoms with E-state index < -0.39 is 0 Å². The van der Waals surface area contributed by atoms with Crippen molar-refractivity contribution < 1.29 is 4.52 Å². The zero-order chi connectivity index (χ0) is 12.0. The second-order valence-electron chi connectivity index (χ2n) is 4.94.